The number of halogens is 3. The standard InChI is InChI=1S/C24H26N4O4S3.C4H5F3O2/c1-2-28(35(31,32)21-7-4-12-33-21)20-6-3-5-17-13-19(26-22(17)20)23-25-14-18(34-23)15-27-10-8-16(9-11-27)24(29)30;1-2-9-3(8)4(5,6)7/h3-7,12-14,16,26H,2,8-11,15H2,1H3,(H,29,30);2H2,1H3. The number of aliphatic carboxylic acids is 1. The molecule has 3 aromatic heterocycles. The number of ether oxygens (including phenoxy) is 1. The van der Waals surface area contributed by atoms with Gasteiger partial charge in [0.25, 0.3) is 10.0 Å². The number of benzene rings is 1. The minimum atomic E-state index is -4.85. The van der Waals surface area contributed by atoms with Crippen LogP contribution in [0.5, 0.6) is 0 Å². The Morgan fingerprint density at radius 2 is 1.91 bits per heavy atom. The Morgan fingerprint density at radius 3 is 2.48 bits per heavy atom. The molecular formula is C28H31F3N4O6S3. The number of nitrogens with zero attached hydrogens (tertiary/aromatic N) is 3. The van der Waals surface area contributed by atoms with Crippen molar-refractivity contribution in [1.29, 1.82) is 0 Å². The van der Waals surface area contributed by atoms with Gasteiger partial charge in [-0.2, -0.15) is 13.2 Å². The summed E-state index contributed by atoms with van der Waals surface area (Å²) in [6.07, 6.45) is -1.63. The lowest BCUT2D eigenvalue weighted by Gasteiger charge is -2.29. The van der Waals surface area contributed by atoms with Gasteiger partial charge in [0.05, 0.1) is 29.4 Å². The number of aromatic amines is 1. The molecule has 1 saturated heterocycles. The first-order valence-electron chi connectivity index (χ1n) is 13.7. The zero-order chi connectivity index (χ0) is 32.1. The zero-order valence-electron chi connectivity index (χ0n) is 23.8. The van der Waals surface area contributed by atoms with Crippen LogP contribution in [-0.4, -0.2) is 72.7 Å². The fourth-order valence-corrected chi connectivity index (χ4v) is 8.24. The van der Waals surface area contributed by atoms with E-state index in [1.807, 2.05) is 37.4 Å². The number of thiophene rings is 1. The van der Waals surface area contributed by atoms with E-state index in [4.69, 9.17) is 0 Å². The molecule has 10 nitrogen and oxygen atoms in total. The van der Waals surface area contributed by atoms with Crippen molar-refractivity contribution in [1.82, 2.24) is 14.9 Å². The van der Waals surface area contributed by atoms with Gasteiger partial charge in [-0.05, 0) is 63.4 Å². The second-order valence-corrected chi connectivity index (χ2v) is 13.9. The van der Waals surface area contributed by atoms with Gasteiger partial charge in [-0.15, -0.1) is 22.7 Å². The van der Waals surface area contributed by atoms with Crippen molar-refractivity contribution in [3.63, 3.8) is 0 Å². The lowest BCUT2D eigenvalue weighted by Crippen LogP contribution is -2.35. The fourth-order valence-electron chi connectivity index (χ4n) is 4.73. The molecule has 0 radical (unpaired) electrons. The van der Waals surface area contributed by atoms with Gasteiger partial charge >= 0.3 is 18.1 Å². The maximum absolute atomic E-state index is 13.3. The van der Waals surface area contributed by atoms with Crippen LogP contribution in [0.2, 0.25) is 0 Å². The topological polar surface area (TPSA) is 133 Å². The summed E-state index contributed by atoms with van der Waals surface area (Å²) in [5.41, 5.74) is 2.22. The lowest BCUT2D eigenvalue weighted by molar-refractivity contribution is -0.199. The molecule has 238 valence electrons. The molecule has 0 bridgehead atoms. The van der Waals surface area contributed by atoms with Crippen LogP contribution in [0.15, 0.2) is 52.2 Å². The predicted octanol–water partition coefficient (Wildman–Crippen LogP) is 5.98. The molecule has 0 amide bonds. The Balaban J connectivity index is 0.000000429. The summed E-state index contributed by atoms with van der Waals surface area (Å²) >= 11 is 2.81. The third-order valence-electron chi connectivity index (χ3n) is 6.84. The molecule has 4 aromatic rings. The van der Waals surface area contributed by atoms with Crippen molar-refractivity contribution >= 4 is 61.2 Å². The van der Waals surface area contributed by atoms with Gasteiger partial charge in [-0.25, -0.2) is 18.2 Å². The zero-order valence-corrected chi connectivity index (χ0v) is 26.3. The second-order valence-electron chi connectivity index (χ2n) is 9.76. The molecule has 0 aliphatic carbocycles. The first-order valence-corrected chi connectivity index (χ1v) is 16.8. The Labute approximate surface area is 260 Å². The molecular weight excluding hydrogens is 642 g/mol. The highest BCUT2D eigenvalue weighted by molar-refractivity contribution is 7.94. The van der Waals surface area contributed by atoms with Gasteiger partial charge in [0.1, 0.15) is 9.22 Å². The van der Waals surface area contributed by atoms with Gasteiger partial charge in [-0.3, -0.25) is 14.0 Å². The van der Waals surface area contributed by atoms with Gasteiger partial charge < -0.3 is 14.8 Å². The van der Waals surface area contributed by atoms with E-state index in [-0.39, 0.29) is 12.5 Å². The molecule has 5 rings (SSSR count). The highest BCUT2D eigenvalue weighted by Gasteiger charge is 2.40. The lowest BCUT2D eigenvalue weighted by atomic mass is 9.97. The number of carboxylic acid groups (broad SMARTS) is 1. The van der Waals surface area contributed by atoms with E-state index in [0.29, 0.717) is 29.3 Å². The molecule has 1 aliphatic rings. The number of sulfonamides is 1. The van der Waals surface area contributed by atoms with Crippen molar-refractivity contribution in [3.8, 4) is 10.7 Å². The van der Waals surface area contributed by atoms with Gasteiger partial charge in [0.15, 0.2) is 0 Å². The number of alkyl halides is 3. The van der Waals surface area contributed by atoms with Crippen molar-refractivity contribution in [2.45, 2.75) is 43.6 Å². The number of aromatic nitrogens is 2. The molecule has 0 unspecified atom stereocenters. The molecule has 4 heterocycles. The first-order chi connectivity index (χ1) is 20.8. The molecule has 44 heavy (non-hydrogen) atoms. The van der Waals surface area contributed by atoms with Crippen LogP contribution in [0.1, 0.15) is 31.6 Å². The highest BCUT2D eigenvalue weighted by Crippen LogP contribution is 2.35. The number of carbonyl (C=O) groups is 2. The van der Waals surface area contributed by atoms with Gasteiger partial charge in [0, 0.05) is 29.5 Å². The number of esters is 1. The summed E-state index contributed by atoms with van der Waals surface area (Å²) in [6.45, 7) is 5.49. The van der Waals surface area contributed by atoms with E-state index < -0.39 is 28.1 Å². The van der Waals surface area contributed by atoms with Crippen molar-refractivity contribution in [2.75, 3.05) is 30.5 Å². The number of piperidine rings is 1. The SMILES string of the molecule is CCN(c1cccc2cc(-c3ncc(CN4CCC(C(=O)O)CC4)s3)[nH]c12)S(=O)(=O)c1cccs1.CCOC(=O)C(F)(F)F. The summed E-state index contributed by atoms with van der Waals surface area (Å²) in [4.78, 5) is 32.3. The number of fused-ring (bicyclic) bond motifs is 1. The Kier molecular flexibility index (Phi) is 10.7. The number of thiazole rings is 1. The van der Waals surface area contributed by atoms with Crippen LogP contribution in [0.3, 0.4) is 0 Å². The maximum atomic E-state index is 13.3. The second kappa shape index (κ2) is 14.1. The third kappa shape index (κ3) is 7.78. The third-order valence-corrected chi connectivity index (χ3v) is 11.1. The normalized spacial score (nSPS) is 14.7. The maximum Gasteiger partial charge on any atom is 0.490 e. The highest BCUT2D eigenvalue weighted by atomic mass is 32.2. The van der Waals surface area contributed by atoms with Crippen molar-refractivity contribution in [3.05, 3.63) is 52.9 Å². The summed E-state index contributed by atoms with van der Waals surface area (Å²) < 4.78 is 65.4. The Morgan fingerprint density at radius 1 is 1.18 bits per heavy atom. The largest absolute Gasteiger partial charge is 0.490 e. The van der Waals surface area contributed by atoms with Crippen LogP contribution in [0.4, 0.5) is 18.9 Å². The van der Waals surface area contributed by atoms with Gasteiger partial charge in [0.2, 0.25) is 0 Å². The quantitative estimate of drug-likeness (QED) is 0.208. The molecule has 1 aromatic carbocycles. The number of rotatable bonds is 9. The summed E-state index contributed by atoms with van der Waals surface area (Å²) in [7, 11) is -3.65. The van der Waals surface area contributed by atoms with Crippen LogP contribution in [0, 0.1) is 5.92 Å². The van der Waals surface area contributed by atoms with E-state index in [1.165, 1.54) is 22.6 Å². The number of hydrogen-bond acceptors (Lipinski definition) is 9. The summed E-state index contributed by atoms with van der Waals surface area (Å²) in [5, 5.41) is 12.7. The van der Waals surface area contributed by atoms with Crippen LogP contribution < -0.4 is 4.31 Å². The molecule has 0 saturated carbocycles. The molecule has 16 heteroatoms. The molecule has 0 atom stereocenters. The smallest absolute Gasteiger partial charge is 0.481 e. The Bertz CT molecular complexity index is 1680. The van der Waals surface area contributed by atoms with Crippen LogP contribution >= 0.6 is 22.7 Å². The molecule has 1 aliphatic heterocycles. The fraction of sp³-hybridized carbons (Fsp3) is 0.393. The van der Waals surface area contributed by atoms with E-state index in [0.717, 1.165) is 46.1 Å². The summed E-state index contributed by atoms with van der Waals surface area (Å²) in [6, 6.07) is 11.0. The predicted molar refractivity (Wildman–Crippen MR) is 162 cm³/mol. The van der Waals surface area contributed by atoms with E-state index in [2.05, 4.69) is 19.6 Å². The minimum absolute atomic E-state index is 0.241. The Hall–Kier alpha value is -3.47. The number of H-pyrrole nitrogens is 1. The first kappa shape index (κ1) is 33.4. The molecule has 2 N–H and O–H groups in total. The van der Waals surface area contributed by atoms with Crippen LogP contribution in [-0.2, 0) is 30.9 Å². The van der Waals surface area contributed by atoms with E-state index in [9.17, 15) is 36.3 Å². The van der Waals surface area contributed by atoms with Gasteiger partial charge in [-0.1, -0.05) is 18.2 Å². The number of likely N-dealkylation sites (tertiary alicyclic amines) is 1. The van der Waals surface area contributed by atoms with E-state index in [1.54, 1.807) is 28.8 Å². The average Bonchev–Trinajstić information content (AvgIpc) is 3.75. The molecule has 0 spiro atoms. The van der Waals surface area contributed by atoms with Crippen LogP contribution in [0.25, 0.3) is 21.6 Å². The number of hydrogen-bond donors (Lipinski definition) is 2. The number of anilines is 1. The average molecular weight is 673 g/mol. The minimum Gasteiger partial charge on any atom is -0.481 e. The number of nitrogens with one attached hydrogen (secondary N) is 1. The molecule has 1 fully saturated rings. The van der Waals surface area contributed by atoms with Crippen molar-refractivity contribution in [2.24, 2.45) is 5.92 Å². The number of para-hydroxylation sites is 1. The number of carbonyl (C=O) groups excluding carboxylic acids is 1. The summed E-state index contributed by atoms with van der Waals surface area (Å²) in [5.74, 6) is -3.08. The number of carboxylic acids is 1. The monoisotopic (exact) mass is 672 g/mol. The van der Waals surface area contributed by atoms with Crippen molar-refractivity contribution < 1.29 is 41.0 Å². The van der Waals surface area contributed by atoms with E-state index >= 15 is 0 Å².